The summed E-state index contributed by atoms with van der Waals surface area (Å²) in [5.74, 6) is -0.104. The smallest absolute Gasteiger partial charge is 0.323 e. The molecular formula is C13H25NO2. The first kappa shape index (κ1) is 13.5. The quantitative estimate of drug-likeness (QED) is 0.679. The van der Waals surface area contributed by atoms with E-state index in [4.69, 9.17) is 4.74 Å². The van der Waals surface area contributed by atoms with Gasteiger partial charge in [0.2, 0.25) is 0 Å². The molecule has 3 nitrogen and oxygen atoms in total. The molecule has 0 spiro atoms. The number of carbonyl (C=O) groups excluding carboxylic acids is 1. The molecule has 1 rings (SSSR count). The van der Waals surface area contributed by atoms with Crippen LogP contribution in [-0.4, -0.2) is 34.6 Å². The van der Waals surface area contributed by atoms with Crippen LogP contribution in [0.1, 0.15) is 54.4 Å². The Hall–Kier alpha value is -0.570. The summed E-state index contributed by atoms with van der Waals surface area (Å²) in [5, 5.41) is 0. The molecule has 0 saturated carbocycles. The van der Waals surface area contributed by atoms with E-state index < -0.39 is 5.60 Å². The number of hydrogen-bond acceptors (Lipinski definition) is 3. The minimum absolute atomic E-state index is 0.104. The van der Waals surface area contributed by atoms with Crippen molar-refractivity contribution in [2.45, 2.75) is 78.1 Å². The maximum absolute atomic E-state index is 12.0. The molecule has 0 radical (unpaired) electrons. The normalized spacial score (nSPS) is 29.1. The van der Waals surface area contributed by atoms with Crippen LogP contribution in [0.5, 0.6) is 0 Å². The van der Waals surface area contributed by atoms with Gasteiger partial charge >= 0.3 is 5.97 Å². The molecule has 3 atom stereocenters. The van der Waals surface area contributed by atoms with Crippen LogP contribution < -0.4 is 0 Å². The fraction of sp³-hybridized carbons (Fsp3) is 0.923. The Balaban J connectivity index is 2.63. The molecule has 0 amide bonds. The van der Waals surface area contributed by atoms with E-state index in [1.54, 1.807) is 0 Å². The van der Waals surface area contributed by atoms with Crippen molar-refractivity contribution in [2.24, 2.45) is 0 Å². The summed E-state index contributed by atoms with van der Waals surface area (Å²) in [4.78, 5) is 14.2. The molecule has 1 aliphatic rings. The highest BCUT2D eigenvalue weighted by Gasteiger charge is 2.36. The van der Waals surface area contributed by atoms with Gasteiger partial charge in [0.05, 0.1) is 0 Å². The maximum atomic E-state index is 12.0. The summed E-state index contributed by atoms with van der Waals surface area (Å²) in [6.07, 6.45) is 2.35. The van der Waals surface area contributed by atoms with Crippen molar-refractivity contribution in [1.82, 2.24) is 4.90 Å². The van der Waals surface area contributed by atoms with Crippen molar-refractivity contribution < 1.29 is 9.53 Å². The fourth-order valence-corrected chi connectivity index (χ4v) is 2.49. The van der Waals surface area contributed by atoms with E-state index in [9.17, 15) is 4.79 Å². The molecule has 0 N–H and O–H groups in total. The van der Waals surface area contributed by atoms with E-state index in [1.165, 1.54) is 12.8 Å². The molecule has 1 aliphatic heterocycles. The first-order chi connectivity index (χ1) is 7.22. The fourth-order valence-electron chi connectivity index (χ4n) is 2.49. The van der Waals surface area contributed by atoms with Crippen LogP contribution in [0.3, 0.4) is 0 Å². The van der Waals surface area contributed by atoms with Gasteiger partial charge in [-0.15, -0.1) is 0 Å². The van der Waals surface area contributed by atoms with Crippen molar-refractivity contribution in [3.63, 3.8) is 0 Å². The zero-order valence-electron chi connectivity index (χ0n) is 11.4. The molecule has 3 unspecified atom stereocenters. The zero-order valence-corrected chi connectivity index (χ0v) is 11.4. The van der Waals surface area contributed by atoms with Gasteiger partial charge in [-0.2, -0.15) is 0 Å². The second-order valence-electron chi connectivity index (χ2n) is 5.93. The van der Waals surface area contributed by atoms with Crippen LogP contribution in [-0.2, 0) is 9.53 Å². The van der Waals surface area contributed by atoms with Gasteiger partial charge in [-0.3, -0.25) is 9.69 Å². The number of likely N-dealkylation sites (tertiary alicyclic amines) is 1. The van der Waals surface area contributed by atoms with Crippen LogP contribution in [0, 0.1) is 0 Å². The predicted octanol–water partition coefficient (Wildman–Crippen LogP) is 2.59. The molecule has 3 heteroatoms. The molecular weight excluding hydrogens is 202 g/mol. The first-order valence-corrected chi connectivity index (χ1v) is 6.22. The lowest BCUT2D eigenvalue weighted by atomic mass is 10.1. The number of esters is 1. The summed E-state index contributed by atoms with van der Waals surface area (Å²) in [6.45, 7) is 12.1. The molecule has 1 saturated heterocycles. The van der Waals surface area contributed by atoms with Gasteiger partial charge in [-0.25, -0.2) is 0 Å². The molecule has 0 bridgehead atoms. The lowest BCUT2D eigenvalue weighted by molar-refractivity contribution is -0.161. The van der Waals surface area contributed by atoms with Crippen molar-refractivity contribution in [1.29, 1.82) is 0 Å². The van der Waals surface area contributed by atoms with E-state index in [1.807, 2.05) is 27.7 Å². The van der Waals surface area contributed by atoms with Crippen LogP contribution in [0.25, 0.3) is 0 Å². The molecule has 0 aromatic carbocycles. The zero-order chi connectivity index (χ0) is 12.5. The highest BCUT2D eigenvalue weighted by Crippen LogP contribution is 2.26. The molecule has 0 aromatic rings. The number of nitrogens with zero attached hydrogens (tertiary/aromatic N) is 1. The molecule has 0 aliphatic carbocycles. The minimum Gasteiger partial charge on any atom is -0.459 e. The average molecular weight is 227 g/mol. The summed E-state index contributed by atoms with van der Waals surface area (Å²) in [7, 11) is 0. The van der Waals surface area contributed by atoms with Crippen molar-refractivity contribution in [2.75, 3.05) is 0 Å². The second-order valence-corrected chi connectivity index (χ2v) is 5.93. The van der Waals surface area contributed by atoms with E-state index in [0.29, 0.717) is 12.1 Å². The molecule has 1 fully saturated rings. The number of ether oxygens (including phenoxy) is 1. The number of hydrogen-bond donors (Lipinski definition) is 0. The standard InChI is InChI=1S/C13H25NO2/c1-9-7-8-10(2)14(9)11(3)12(15)16-13(4,5)6/h9-11H,7-8H2,1-6H3. The topological polar surface area (TPSA) is 29.5 Å². The lowest BCUT2D eigenvalue weighted by Gasteiger charge is -2.33. The van der Waals surface area contributed by atoms with Gasteiger partial charge in [-0.1, -0.05) is 0 Å². The highest BCUT2D eigenvalue weighted by molar-refractivity contribution is 5.75. The summed E-state index contributed by atoms with van der Waals surface area (Å²) < 4.78 is 5.43. The van der Waals surface area contributed by atoms with E-state index in [-0.39, 0.29) is 12.0 Å². The SMILES string of the molecule is CC1CCC(C)N1C(C)C(=O)OC(C)(C)C. The van der Waals surface area contributed by atoms with Gasteiger partial charge < -0.3 is 4.74 Å². The van der Waals surface area contributed by atoms with Gasteiger partial charge in [0, 0.05) is 12.1 Å². The van der Waals surface area contributed by atoms with Gasteiger partial charge in [0.15, 0.2) is 0 Å². The van der Waals surface area contributed by atoms with Crippen LogP contribution in [0.4, 0.5) is 0 Å². The predicted molar refractivity (Wildman–Crippen MR) is 65.3 cm³/mol. The number of rotatable bonds is 2. The van der Waals surface area contributed by atoms with Crippen molar-refractivity contribution >= 4 is 5.97 Å². The summed E-state index contributed by atoms with van der Waals surface area (Å²) in [6, 6.07) is 0.835. The second kappa shape index (κ2) is 4.74. The summed E-state index contributed by atoms with van der Waals surface area (Å²) >= 11 is 0. The maximum Gasteiger partial charge on any atom is 0.323 e. The Morgan fingerprint density at radius 3 is 2.06 bits per heavy atom. The monoisotopic (exact) mass is 227 g/mol. The molecule has 1 heterocycles. The van der Waals surface area contributed by atoms with E-state index >= 15 is 0 Å². The van der Waals surface area contributed by atoms with Crippen LogP contribution >= 0.6 is 0 Å². The van der Waals surface area contributed by atoms with Gasteiger partial charge in [0.25, 0.3) is 0 Å². The third-order valence-electron chi connectivity index (χ3n) is 3.22. The van der Waals surface area contributed by atoms with Crippen molar-refractivity contribution in [3.05, 3.63) is 0 Å². The Morgan fingerprint density at radius 1 is 1.25 bits per heavy atom. The Morgan fingerprint density at radius 2 is 1.69 bits per heavy atom. The molecule has 16 heavy (non-hydrogen) atoms. The summed E-state index contributed by atoms with van der Waals surface area (Å²) in [5.41, 5.74) is -0.391. The molecule has 94 valence electrons. The Labute approximate surface area is 99.1 Å². The van der Waals surface area contributed by atoms with Crippen LogP contribution in [0.2, 0.25) is 0 Å². The minimum atomic E-state index is -0.391. The van der Waals surface area contributed by atoms with Crippen molar-refractivity contribution in [3.8, 4) is 0 Å². The number of carbonyl (C=O) groups is 1. The van der Waals surface area contributed by atoms with E-state index in [0.717, 1.165) is 0 Å². The Kier molecular flexibility index (Phi) is 4.00. The van der Waals surface area contributed by atoms with Crippen LogP contribution in [0.15, 0.2) is 0 Å². The lowest BCUT2D eigenvalue weighted by Crippen LogP contribution is -2.47. The van der Waals surface area contributed by atoms with E-state index in [2.05, 4.69) is 18.7 Å². The highest BCUT2D eigenvalue weighted by atomic mass is 16.6. The van der Waals surface area contributed by atoms with Gasteiger partial charge in [-0.05, 0) is 54.4 Å². The Bertz CT molecular complexity index is 247. The third-order valence-corrected chi connectivity index (χ3v) is 3.22. The largest absolute Gasteiger partial charge is 0.459 e. The first-order valence-electron chi connectivity index (χ1n) is 6.22. The molecule has 0 aromatic heterocycles. The van der Waals surface area contributed by atoms with Gasteiger partial charge in [0.1, 0.15) is 11.6 Å². The third kappa shape index (κ3) is 3.21. The average Bonchev–Trinajstić information content (AvgIpc) is 2.42.